The van der Waals surface area contributed by atoms with Crippen LogP contribution in [0.3, 0.4) is 0 Å². The van der Waals surface area contributed by atoms with Crippen molar-refractivity contribution in [2.45, 2.75) is 90.4 Å². The predicted octanol–water partition coefficient (Wildman–Crippen LogP) is 1.40. The van der Waals surface area contributed by atoms with E-state index in [1.165, 1.54) is 24.1 Å². The average Bonchev–Trinajstić information content (AvgIpc) is 3.49. The van der Waals surface area contributed by atoms with Gasteiger partial charge in [-0.3, -0.25) is 14.9 Å². The van der Waals surface area contributed by atoms with E-state index in [4.69, 9.17) is 19.0 Å². The zero-order valence-electron chi connectivity index (χ0n) is 26.7. The molecular formula is C27H39N7O11S. The number of thiazole rings is 1. The summed E-state index contributed by atoms with van der Waals surface area (Å²) in [6, 6.07) is -1.84. The highest BCUT2D eigenvalue weighted by molar-refractivity contribution is 7.14. The summed E-state index contributed by atoms with van der Waals surface area (Å²) in [5, 5.41) is 24.7. The molecule has 0 bridgehead atoms. The van der Waals surface area contributed by atoms with Crippen molar-refractivity contribution in [3.63, 3.8) is 0 Å². The number of hydrogen-bond acceptors (Lipinski definition) is 13. The Morgan fingerprint density at radius 1 is 1.09 bits per heavy atom. The normalized spacial score (nSPS) is 20.1. The van der Waals surface area contributed by atoms with Crippen LogP contribution in [0.15, 0.2) is 10.5 Å². The quantitative estimate of drug-likeness (QED) is 0.0973. The Hall–Kier alpha value is -4.68. The van der Waals surface area contributed by atoms with Crippen molar-refractivity contribution < 1.29 is 52.9 Å². The third-order valence-electron chi connectivity index (χ3n) is 5.99. The first-order valence-electron chi connectivity index (χ1n) is 14.1. The van der Waals surface area contributed by atoms with Crippen LogP contribution < -0.4 is 21.3 Å². The fourth-order valence-electron chi connectivity index (χ4n) is 3.78. The molecule has 2 saturated heterocycles. The van der Waals surface area contributed by atoms with Crippen LogP contribution in [-0.4, -0.2) is 111 Å². The highest BCUT2D eigenvalue weighted by Gasteiger charge is 2.45. The van der Waals surface area contributed by atoms with Gasteiger partial charge in [0.2, 0.25) is 11.5 Å². The number of carbonyl (C=O) groups excluding carboxylic acids is 5. The third-order valence-corrected chi connectivity index (χ3v) is 6.75. The Labute approximate surface area is 268 Å². The third kappa shape index (κ3) is 10.2. The zero-order chi connectivity index (χ0) is 34.6. The van der Waals surface area contributed by atoms with E-state index >= 15 is 0 Å². The number of cyclic esters (lactones) is 1. The summed E-state index contributed by atoms with van der Waals surface area (Å²) >= 11 is 0.932. The van der Waals surface area contributed by atoms with E-state index in [2.05, 4.69) is 31.4 Å². The maximum Gasteiger partial charge on any atom is 0.413 e. The zero-order valence-corrected chi connectivity index (χ0v) is 27.5. The van der Waals surface area contributed by atoms with Crippen LogP contribution >= 0.6 is 11.3 Å². The van der Waals surface area contributed by atoms with Crippen LogP contribution in [-0.2, 0) is 33.4 Å². The number of oxime groups is 1. The number of ether oxygens (including phenoxy) is 3. The molecule has 18 nitrogen and oxygen atoms in total. The highest BCUT2D eigenvalue weighted by Crippen LogP contribution is 2.21. The molecule has 1 aromatic heterocycles. The molecule has 2 aliphatic heterocycles. The number of rotatable bonds is 11. The molecule has 0 aliphatic carbocycles. The number of carbonyl (C=O) groups is 6. The lowest BCUT2D eigenvalue weighted by atomic mass is 9.98. The number of nitrogens with one attached hydrogen (secondary N) is 4. The van der Waals surface area contributed by atoms with E-state index < -0.39 is 76.8 Å². The molecule has 5 N–H and O–H groups in total. The molecule has 0 unspecified atom stereocenters. The number of carboxylic acid groups (broad SMARTS) is 1. The lowest BCUT2D eigenvalue weighted by molar-refractivity contribution is -0.161. The lowest BCUT2D eigenvalue weighted by Crippen LogP contribution is -2.72. The standard InChI is InChI=1S/C27H39N7O11S/c1-25(2,3)43-22(39)28-9-13-10-34(24(41)42-13)11-14-16(18(35)29-14)31-19(36)17(33-45-27(7,8)20(37)38)15-12-46-21(30-15)32-23(40)44-26(4,5)6/h12-14,16H,9-11H2,1-8H3,(H,28,39)(H,29,35)(H,31,36)(H,37,38)(H,30,32,40)/b33-17-/t13-,14-,16+/m1/s1. The number of carboxylic acids is 1. The number of anilines is 1. The van der Waals surface area contributed by atoms with Gasteiger partial charge >= 0.3 is 24.2 Å². The first-order chi connectivity index (χ1) is 21.1. The molecule has 1 aromatic rings. The monoisotopic (exact) mass is 669 g/mol. The van der Waals surface area contributed by atoms with Gasteiger partial charge in [-0.25, -0.2) is 24.2 Å². The van der Waals surface area contributed by atoms with Crippen molar-refractivity contribution in [1.29, 1.82) is 0 Å². The molecule has 0 radical (unpaired) electrons. The van der Waals surface area contributed by atoms with Crippen molar-refractivity contribution in [3.05, 3.63) is 11.1 Å². The second-order valence-corrected chi connectivity index (χ2v) is 13.7. The Morgan fingerprint density at radius 3 is 2.30 bits per heavy atom. The molecule has 3 rings (SSSR count). The van der Waals surface area contributed by atoms with Crippen molar-refractivity contribution in [3.8, 4) is 0 Å². The van der Waals surface area contributed by atoms with Crippen LogP contribution in [0.25, 0.3) is 0 Å². The molecule has 2 aliphatic rings. The number of β-lactam (4-membered cyclic amide) rings is 1. The van der Waals surface area contributed by atoms with Gasteiger partial charge in [0.15, 0.2) is 10.8 Å². The Kier molecular flexibility index (Phi) is 10.7. The van der Waals surface area contributed by atoms with E-state index in [0.717, 1.165) is 11.3 Å². The second kappa shape index (κ2) is 13.8. The average molecular weight is 670 g/mol. The molecule has 5 amide bonds. The Morgan fingerprint density at radius 2 is 1.72 bits per heavy atom. The molecular weight excluding hydrogens is 630 g/mol. The van der Waals surface area contributed by atoms with E-state index in [1.54, 1.807) is 41.5 Å². The van der Waals surface area contributed by atoms with Crippen molar-refractivity contribution in [1.82, 2.24) is 25.8 Å². The predicted molar refractivity (Wildman–Crippen MR) is 161 cm³/mol. The number of aromatic nitrogens is 1. The Balaban J connectivity index is 1.68. The molecule has 0 spiro atoms. The van der Waals surface area contributed by atoms with Crippen LogP contribution in [0.2, 0.25) is 0 Å². The minimum Gasteiger partial charge on any atom is -0.478 e. The number of amides is 5. The summed E-state index contributed by atoms with van der Waals surface area (Å²) in [5.41, 5.74) is -3.88. The van der Waals surface area contributed by atoms with Gasteiger partial charge in [0.1, 0.15) is 29.0 Å². The van der Waals surface area contributed by atoms with Gasteiger partial charge in [-0.1, -0.05) is 5.16 Å². The summed E-state index contributed by atoms with van der Waals surface area (Å²) in [5.74, 6) is -2.86. The van der Waals surface area contributed by atoms with Gasteiger partial charge in [0.25, 0.3) is 5.91 Å². The molecule has 46 heavy (non-hydrogen) atoms. The maximum atomic E-state index is 13.4. The van der Waals surface area contributed by atoms with Crippen LogP contribution in [0.1, 0.15) is 61.1 Å². The molecule has 19 heteroatoms. The van der Waals surface area contributed by atoms with Gasteiger partial charge in [-0.2, -0.15) is 0 Å². The van der Waals surface area contributed by atoms with E-state index in [0.29, 0.717) is 0 Å². The van der Waals surface area contributed by atoms with Crippen LogP contribution in [0.4, 0.5) is 19.5 Å². The summed E-state index contributed by atoms with van der Waals surface area (Å²) < 4.78 is 15.7. The fraction of sp³-hybridized carbons (Fsp3) is 0.630. The number of hydrogen-bond donors (Lipinski definition) is 5. The van der Waals surface area contributed by atoms with Gasteiger partial charge in [-0.05, 0) is 55.4 Å². The minimum atomic E-state index is -1.83. The number of nitrogens with zero attached hydrogens (tertiary/aromatic N) is 3. The van der Waals surface area contributed by atoms with Gasteiger partial charge in [0.05, 0.1) is 19.1 Å². The first-order valence-corrected chi connectivity index (χ1v) is 15.0. The minimum absolute atomic E-state index is 0.000721. The smallest absolute Gasteiger partial charge is 0.413 e. The van der Waals surface area contributed by atoms with Crippen molar-refractivity contribution in [2.75, 3.05) is 25.0 Å². The molecule has 3 atom stereocenters. The SMILES string of the molecule is CC(C)(C)OC(=O)NC[C@@H]1CN(C[C@H]2NC(=O)[C@H]2NC(=O)/C(=N\OC(C)(C)C(=O)O)c2csc(NC(=O)OC(C)(C)C)n2)C(=O)O1. The number of aliphatic carboxylic acids is 1. The van der Waals surface area contributed by atoms with E-state index in [-0.39, 0.29) is 30.5 Å². The molecule has 2 fully saturated rings. The fourth-order valence-corrected chi connectivity index (χ4v) is 4.46. The molecule has 0 saturated carbocycles. The van der Waals surface area contributed by atoms with Crippen LogP contribution in [0, 0.1) is 0 Å². The summed E-state index contributed by atoms with van der Waals surface area (Å²) in [7, 11) is 0. The highest BCUT2D eigenvalue weighted by atomic mass is 32.1. The molecule has 3 heterocycles. The summed E-state index contributed by atoms with van der Waals surface area (Å²) in [6.45, 7) is 12.7. The van der Waals surface area contributed by atoms with Crippen LogP contribution in [0.5, 0.6) is 0 Å². The molecule has 0 aromatic carbocycles. The summed E-state index contributed by atoms with van der Waals surface area (Å²) in [6.07, 6.45) is -2.82. The first kappa shape index (κ1) is 35.8. The second-order valence-electron chi connectivity index (χ2n) is 12.9. The number of alkyl carbamates (subject to hydrolysis) is 1. The van der Waals surface area contributed by atoms with Gasteiger partial charge in [0, 0.05) is 11.9 Å². The van der Waals surface area contributed by atoms with Crippen molar-refractivity contribution in [2.24, 2.45) is 5.16 Å². The van der Waals surface area contributed by atoms with Crippen molar-refractivity contribution >= 4 is 58.2 Å². The largest absolute Gasteiger partial charge is 0.478 e. The van der Waals surface area contributed by atoms with E-state index in [1.807, 2.05) is 0 Å². The lowest BCUT2D eigenvalue weighted by Gasteiger charge is -2.38. The van der Waals surface area contributed by atoms with Gasteiger partial charge < -0.3 is 45.0 Å². The topological polar surface area (TPSA) is 236 Å². The van der Waals surface area contributed by atoms with Gasteiger partial charge in [-0.15, -0.1) is 11.3 Å². The van der Waals surface area contributed by atoms with E-state index in [9.17, 15) is 33.9 Å². The summed E-state index contributed by atoms with van der Waals surface area (Å²) in [4.78, 5) is 84.6. The Bertz CT molecular complexity index is 1400. The molecule has 254 valence electrons. The maximum absolute atomic E-state index is 13.4.